The van der Waals surface area contributed by atoms with Gasteiger partial charge in [-0.05, 0) is 65.6 Å². The number of alkyl halides is 7. The van der Waals surface area contributed by atoms with Gasteiger partial charge in [-0.1, -0.05) is 40.2 Å². The van der Waals surface area contributed by atoms with Crippen molar-refractivity contribution in [1.82, 2.24) is 19.1 Å². The minimum Gasteiger partial charge on any atom is -0.406 e. The number of rotatable bonds is 9. The SMILES string of the molecule is CSc1c(C(O)c2nc3c(-c4ccc(OC(F)(F)F)cc4)cc(CBr)c(SC)c3n2C)cc(-c2ccc(OC(F)(F)F)cc2)c2ncn(C)c12. The molecule has 262 valence electrons. The van der Waals surface area contributed by atoms with Gasteiger partial charge in [-0.25, -0.2) is 9.97 Å². The lowest BCUT2D eigenvalue weighted by atomic mass is 9.98. The van der Waals surface area contributed by atoms with E-state index in [4.69, 9.17) is 4.98 Å². The molecule has 2 aromatic heterocycles. The topological polar surface area (TPSA) is 74.3 Å². The number of nitrogens with zero attached hydrogens (tertiary/aromatic N) is 4. The number of thioether (sulfide) groups is 2. The van der Waals surface area contributed by atoms with Gasteiger partial charge in [0.2, 0.25) is 0 Å². The first-order valence-electron chi connectivity index (χ1n) is 14.7. The van der Waals surface area contributed by atoms with Gasteiger partial charge >= 0.3 is 12.7 Å². The first-order valence-corrected chi connectivity index (χ1v) is 18.3. The molecule has 6 aromatic rings. The zero-order valence-electron chi connectivity index (χ0n) is 26.7. The molecule has 0 radical (unpaired) electrons. The number of aliphatic hydroxyl groups is 1. The quantitative estimate of drug-likeness (QED) is 0.0887. The molecule has 1 atom stereocenters. The van der Waals surface area contributed by atoms with Crippen LogP contribution in [0.1, 0.15) is 23.1 Å². The van der Waals surface area contributed by atoms with Crippen LogP contribution in [0.4, 0.5) is 26.3 Å². The predicted molar refractivity (Wildman–Crippen MR) is 186 cm³/mol. The maximum Gasteiger partial charge on any atom is 0.573 e. The number of aliphatic hydroxyl groups excluding tert-OH is 1. The third kappa shape index (κ3) is 6.90. The summed E-state index contributed by atoms with van der Waals surface area (Å²) in [5.41, 5.74) is 6.36. The number of benzene rings is 4. The van der Waals surface area contributed by atoms with Crippen LogP contribution in [0.3, 0.4) is 0 Å². The van der Waals surface area contributed by atoms with Crippen molar-refractivity contribution >= 4 is 61.5 Å². The summed E-state index contributed by atoms with van der Waals surface area (Å²) in [6.07, 6.45) is -5.53. The van der Waals surface area contributed by atoms with Gasteiger partial charge in [-0.3, -0.25) is 0 Å². The molecule has 0 saturated heterocycles. The fourth-order valence-electron chi connectivity index (χ4n) is 5.99. The van der Waals surface area contributed by atoms with Crippen LogP contribution in [0.15, 0.2) is 76.8 Å². The molecule has 2 heterocycles. The zero-order chi connectivity index (χ0) is 36.1. The molecular formula is C34H27BrF6N4O3S2. The molecule has 0 spiro atoms. The van der Waals surface area contributed by atoms with Gasteiger partial charge in [-0.2, -0.15) is 0 Å². The number of hydrogen-bond donors (Lipinski definition) is 1. The van der Waals surface area contributed by atoms with Gasteiger partial charge in [0.1, 0.15) is 23.4 Å². The second-order valence-electron chi connectivity index (χ2n) is 11.1. The largest absolute Gasteiger partial charge is 0.573 e. The van der Waals surface area contributed by atoms with Crippen LogP contribution >= 0.6 is 39.5 Å². The van der Waals surface area contributed by atoms with Gasteiger partial charge in [-0.15, -0.1) is 49.9 Å². The van der Waals surface area contributed by atoms with Crippen molar-refractivity contribution in [3.8, 4) is 33.8 Å². The fourth-order valence-corrected chi connectivity index (χ4v) is 8.27. The van der Waals surface area contributed by atoms with E-state index < -0.39 is 18.8 Å². The number of aromatic nitrogens is 4. The van der Waals surface area contributed by atoms with E-state index in [0.717, 1.165) is 20.9 Å². The third-order valence-electron chi connectivity index (χ3n) is 8.07. The lowest BCUT2D eigenvalue weighted by Crippen LogP contribution is -2.16. The van der Waals surface area contributed by atoms with Crippen molar-refractivity contribution in [2.24, 2.45) is 14.1 Å². The molecule has 0 amide bonds. The van der Waals surface area contributed by atoms with Crippen molar-refractivity contribution in [1.29, 1.82) is 0 Å². The monoisotopic (exact) mass is 796 g/mol. The predicted octanol–water partition coefficient (Wildman–Crippen LogP) is 10.0. The summed E-state index contributed by atoms with van der Waals surface area (Å²) < 4.78 is 88.8. The molecule has 1 N–H and O–H groups in total. The normalized spacial score (nSPS) is 13.0. The Morgan fingerprint density at radius 1 is 0.780 bits per heavy atom. The van der Waals surface area contributed by atoms with Gasteiger partial charge in [0.25, 0.3) is 0 Å². The summed E-state index contributed by atoms with van der Waals surface area (Å²) in [5, 5.41) is 12.7. The van der Waals surface area contributed by atoms with Gasteiger partial charge < -0.3 is 23.7 Å². The second kappa shape index (κ2) is 13.7. The summed E-state index contributed by atoms with van der Waals surface area (Å²) in [5.74, 6) is -0.425. The van der Waals surface area contributed by atoms with Gasteiger partial charge in [0, 0.05) is 45.9 Å². The van der Waals surface area contributed by atoms with E-state index in [9.17, 15) is 31.4 Å². The van der Waals surface area contributed by atoms with Crippen molar-refractivity contribution in [2.45, 2.75) is 33.9 Å². The van der Waals surface area contributed by atoms with Crippen LogP contribution in [0.25, 0.3) is 44.3 Å². The van der Waals surface area contributed by atoms with Crippen LogP contribution in [-0.2, 0) is 19.4 Å². The summed E-state index contributed by atoms with van der Waals surface area (Å²) in [7, 11) is 3.60. The number of imidazole rings is 2. The van der Waals surface area contributed by atoms with Crippen LogP contribution in [0.2, 0.25) is 0 Å². The Labute approximate surface area is 298 Å². The highest BCUT2D eigenvalue weighted by Crippen LogP contribution is 2.44. The van der Waals surface area contributed by atoms with Crippen LogP contribution in [0, 0.1) is 0 Å². The molecule has 4 aromatic carbocycles. The number of aryl methyl sites for hydroxylation is 2. The van der Waals surface area contributed by atoms with Crippen molar-refractivity contribution in [2.75, 3.05) is 12.5 Å². The smallest absolute Gasteiger partial charge is 0.406 e. The number of ether oxygens (including phenoxy) is 2. The Morgan fingerprint density at radius 2 is 1.30 bits per heavy atom. The molecule has 7 nitrogen and oxygen atoms in total. The first kappa shape index (κ1) is 35.9. The number of hydrogen-bond acceptors (Lipinski definition) is 7. The van der Waals surface area contributed by atoms with E-state index in [2.05, 4.69) is 30.4 Å². The molecule has 16 heteroatoms. The average Bonchev–Trinajstić information content (AvgIpc) is 3.62. The maximum atomic E-state index is 12.8. The highest BCUT2D eigenvalue weighted by Gasteiger charge is 2.32. The average molecular weight is 798 g/mol. The van der Waals surface area contributed by atoms with Crippen LogP contribution < -0.4 is 9.47 Å². The highest BCUT2D eigenvalue weighted by atomic mass is 79.9. The highest BCUT2D eigenvalue weighted by molar-refractivity contribution is 9.08. The molecule has 50 heavy (non-hydrogen) atoms. The Hall–Kier alpha value is -3.86. The summed E-state index contributed by atoms with van der Waals surface area (Å²) in [4.78, 5) is 11.2. The van der Waals surface area contributed by atoms with Crippen LogP contribution in [-0.4, -0.2) is 49.4 Å². The lowest BCUT2D eigenvalue weighted by Gasteiger charge is -2.19. The van der Waals surface area contributed by atoms with Crippen molar-refractivity contribution in [3.05, 3.63) is 83.9 Å². The summed E-state index contributed by atoms with van der Waals surface area (Å²) >= 11 is 6.47. The van der Waals surface area contributed by atoms with E-state index in [1.807, 2.05) is 34.8 Å². The fraction of sp³-hybridized carbons (Fsp3) is 0.235. The van der Waals surface area contributed by atoms with E-state index >= 15 is 0 Å². The van der Waals surface area contributed by atoms with E-state index in [0.29, 0.717) is 55.5 Å². The minimum atomic E-state index is -4.84. The Bertz CT molecular complexity index is 2200. The standard InChI is InChI=1S/C34H27BrF6N4O3S2/c1-44-16-42-25-23(18-7-11-21(12-8-18)48-34(39,40)41)14-24(31(50-4)27(25)44)29(46)32-43-26-22(13-19(15-35)30(49-3)28(26)45(32)2)17-5-9-20(10-6-17)47-33(36,37)38/h5-14,16,29,46H,15H2,1-4H3. The zero-order valence-corrected chi connectivity index (χ0v) is 29.9. The lowest BCUT2D eigenvalue weighted by molar-refractivity contribution is -0.275. The first-order chi connectivity index (χ1) is 23.6. The van der Waals surface area contributed by atoms with E-state index in [-0.39, 0.29) is 11.5 Å². The summed E-state index contributed by atoms with van der Waals surface area (Å²) in [6, 6.07) is 14.6. The minimum absolute atomic E-state index is 0.303. The molecule has 6 rings (SSSR count). The summed E-state index contributed by atoms with van der Waals surface area (Å²) in [6.45, 7) is 0. The van der Waals surface area contributed by atoms with E-state index in [1.165, 1.54) is 72.1 Å². The maximum absolute atomic E-state index is 12.8. The molecule has 1 unspecified atom stereocenters. The van der Waals surface area contributed by atoms with E-state index in [1.54, 1.807) is 19.4 Å². The Balaban J connectivity index is 1.53. The Kier molecular flexibility index (Phi) is 9.85. The molecular weight excluding hydrogens is 770 g/mol. The van der Waals surface area contributed by atoms with Gasteiger partial charge in [0.05, 0.1) is 28.4 Å². The molecule has 0 bridgehead atoms. The van der Waals surface area contributed by atoms with Crippen LogP contribution in [0.5, 0.6) is 11.5 Å². The van der Waals surface area contributed by atoms with Crippen molar-refractivity contribution in [3.63, 3.8) is 0 Å². The van der Waals surface area contributed by atoms with Crippen molar-refractivity contribution < 1.29 is 40.9 Å². The molecule has 0 aliphatic heterocycles. The number of fused-ring (bicyclic) bond motifs is 2. The molecule has 0 aliphatic carbocycles. The third-order valence-corrected chi connectivity index (χ3v) is 10.4. The number of halogens is 7. The molecule has 0 saturated carbocycles. The Morgan fingerprint density at radius 3 is 1.78 bits per heavy atom. The second-order valence-corrected chi connectivity index (χ2v) is 13.3. The van der Waals surface area contributed by atoms with Gasteiger partial charge in [0.15, 0.2) is 0 Å². The molecule has 0 aliphatic rings. The molecule has 0 fully saturated rings.